The molecule has 0 spiro atoms. The zero-order chi connectivity index (χ0) is 12.9. The summed E-state index contributed by atoms with van der Waals surface area (Å²) in [7, 11) is 0. The van der Waals surface area contributed by atoms with Crippen LogP contribution in [-0.4, -0.2) is 30.2 Å². The summed E-state index contributed by atoms with van der Waals surface area (Å²) in [6, 6.07) is -1.07. The molecule has 0 aromatic heterocycles. The van der Waals surface area contributed by atoms with Crippen molar-refractivity contribution in [3.8, 4) is 0 Å². The average molecular weight is 262 g/mol. The maximum atomic E-state index is 11.7. The summed E-state index contributed by atoms with van der Waals surface area (Å²) in [6.45, 7) is 1.45. The molecule has 0 fully saturated rings. The van der Waals surface area contributed by atoms with Crippen molar-refractivity contribution in [1.82, 2.24) is 5.32 Å². The Balaban J connectivity index is 4.17. The Morgan fingerprint density at radius 3 is 2.19 bits per heavy atom. The summed E-state index contributed by atoms with van der Waals surface area (Å²) in [5.41, 5.74) is 0. The monoisotopic (exact) mass is 261 g/mol. The van der Waals surface area contributed by atoms with Gasteiger partial charge < -0.3 is 10.1 Å². The predicted octanol–water partition coefficient (Wildman–Crippen LogP) is 2.06. The number of halogens is 4. The van der Waals surface area contributed by atoms with Gasteiger partial charge in [-0.1, -0.05) is 13.8 Å². The van der Waals surface area contributed by atoms with E-state index in [2.05, 4.69) is 4.74 Å². The third-order valence-electron chi connectivity index (χ3n) is 1.55. The SMILES string of the molecule is CC(C)C(NC(=O)OCC(F)(F)F)C(=O)Cl. The highest BCUT2D eigenvalue weighted by atomic mass is 35.5. The van der Waals surface area contributed by atoms with Gasteiger partial charge in [-0.2, -0.15) is 13.2 Å². The summed E-state index contributed by atoms with van der Waals surface area (Å²) < 4.78 is 38.9. The van der Waals surface area contributed by atoms with Crippen LogP contribution in [0.3, 0.4) is 0 Å². The molecule has 0 aromatic carbocycles. The smallest absolute Gasteiger partial charge is 0.422 e. The van der Waals surface area contributed by atoms with E-state index in [1.807, 2.05) is 5.32 Å². The minimum Gasteiger partial charge on any atom is -0.440 e. The Morgan fingerprint density at radius 1 is 1.38 bits per heavy atom. The number of rotatable bonds is 4. The molecule has 0 aliphatic rings. The number of alkyl carbamates (subject to hydrolysis) is 1. The van der Waals surface area contributed by atoms with Crippen LogP contribution in [0, 0.1) is 5.92 Å². The molecule has 0 aliphatic heterocycles. The van der Waals surface area contributed by atoms with Crippen molar-refractivity contribution in [2.24, 2.45) is 5.92 Å². The number of carbonyl (C=O) groups excluding carboxylic acids is 2. The summed E-state index contributed by atoms with van der Waals surface area (Å²) in [4.78, 5) is 21.7. The molecule has 0 saturated carbocycles. The van der Waals surface area contributed by atoms with Crippen LogP contribution in [0.15, 0.2) is 0 Å². The second-order valence-electron chi connectivity index (χ2n) is 3.36. The Labute approximate surface area is 95.1 Å². The van der Waals surface area contributed by atoms with E-state index in [9.17, 15) is 22.8 Å². The molecule has 0 heterocycles. The fourth-order valence-electron chi connectivity index (χ4n) is 0.801. The van der Waals surface area contributed by atoms with Gasteiger partial charge in [0.15, 0.2) is 6.61 Å². The number of carbonyl (C=O) groups is 2. The molecule has 94 valence electrons. The number of alkyl halides is 3. The van der Waals surface area contributed by atoms with Crippen LogP contribution in [0.4, 0.5) is 18.0 Å². The fourth-order valence-corrected chi connectivity index (χ4v) is 1.11. The number of nitrogens with one attached hydrogen (secondary N) is 1. The molecule has 0 aromatic rings. The van der Waals surface area contributed by atoms with Crippen molar-refractivity contribution in [2.75, 3.05) is 6.61 Å². The average Bonchev–Trinajstić information content (AvgIpc) is 2.08. The number of hydrogen-bond donors (Lipinski definition) is 1. The zero-order valence-electron chi connectivity index (χ0n) is 8.60. The van der Waals surface area contributed by atoms with Crippen LogP contribution in [0.25, 0.3) is 0 Å². The molecule has 1 N–H and O–H groups in total. The first-order chi connectivity index (χ1) is 7.13. The van der Waals surface area contributed by atoms with E-state index in [0.717, 1.165) is 0 Å². The minimum absolute atomic E-state index is 0.344. The van der Waals surface area contributed by atoms with Gasteiger partial charge >= 0.3 is 12.3 Å². The van der Waals surface area contributed by atoms with Crippen molar-refractivity contribution in [3.05, 3.63) is 0 Å². The molecular weight excluding hydrogens is 251 g/mol. The van der Waals surface area contributed by atoms with Gasteiger partial charge in [0.05, 0.1) is 0 Å². The largest absolute Gasteiger partial charge is 0.440 e. The van der Waals surface area contributed by atoms with Gasteiger partial charge in [-0.05, 0) is 17.5 Å². The van der Waals surface area contributed by atoms with Crippen LogP contribution in [-0.2, 0) is 9.53 Å². The highest BCUT2D eigenvalue weighted by Crippen LogP contribution is 2.14. The normalized spacial score (nSPS) is 13.4. The lowest BCUT2D eigenvalue weighted by molar-refractivity contribution is -0.160. The Kier molecular flexibility index (Phi) is 5.57. The molecule has 0 rings (SSSR count). The lowest BCUT2D eigenvalue weighted by Crippen LogP contribution is -2.43. The van der Waals surface area contributed by atoms with Crippen LogP contribution in [0.1, 0.15) is 13.8 Å². The zero-order valence-corrected chi connectivity index (χ0v) is 9.35. The summed E-state index contributed by atoms with van der Waals surface area (Å²) in [5, 5.41) is 1.08. The predicted molar refractivity (Wildman–Crippen MR) is 50.0 cm³/mol. The Bertz CT molecular complexity index is 268. The molecule has 4 nitrogen and oxygen atoms in total. The van der Waals surface area contributed by atoms with E-state index in [1.165, 1.54) is 0 Å². The standard InChI is InChI=1S/C8H11ClF3NO3/c1-4(2)5(6(9)14)13-7(15)16-3-8(10,11)12/h4-5H,3H2,1-2H3,(H,13,15). The topological polar surface area (TPSA) is 55.4 Å². The van der Waals surface area contributed by atoms with Crippen LogP contribution in [0.5, 0.6) is 0 Å². The molecule has 1 atom stereocenters. The first-order valence-corrected chi connectivity index (χ1v) is 4.70. The number of hydrogen-bond acceptors (Lipinski definition) is 3. The van der Waals surface area contributed by atoms with Crippen molar-refractivity contribution in [3.63, 3.8) is 0 Å². The van der Waals surface area contributed by atoms with Crippen LogP contribution < -0.4 is 5.32 Å². The first-order valence-electron chi connectivity index (χ1n) is 4.33. The van der Waals surface area contributed by atoms with Gasteiger partial charge in [0.1, 0.15) is 6.04 Å². The van der Waals surface area contributed by atoms with Crippen molar-refractivity contribution in [2.45, 2.75) is 26.1 Å². The lowest BCUT2D eigenvalue weighted by Gasteiger charge is -2.18. The third-order valence-corrected chi connectivity index (χ3v) is 1.79. The van der Waals surface area contributed by atoms with Crippen LogP contribution >= 0.6 is 11.6 Å². The quantitative estimate of drug-likeness (QED) is 0.788. The highest BCUT2D eigenvalue weighted by molar-refractivity contribution is 6.64. The van der Waals surface area contributed by atoms with Crippen molar-refractivity contribution in [1.29, 1.82) is 0 Å². The van der Waals surface area contributed by atoms with E-state index in [-0.39, 0.29) is 5.92 Å². The van der Waals surface area contributed by atoms with Crippen molar-refractivity contribution < 1.29 is 27.5 Å². The van der Waals surface area contributed by atoms with Gasteiger partial charge in [0.25, 0.3) is 0 Å². The summed E-state index contributed by atoms with van der Waals surface area (Å²) in [6.07, 6.45) is -5.93. The second kappa shape index (κ2) is 5.93. The molecule has 0 bridgehead atoms. The van der Waals surface area contributed by atoms with Crippen LogP contribution in [0.2, 0.25) is 0 Å². The van der Waals surface area contributed by atoms with E-state index < -0.39 is 30.2 Å². The molecule has 1 unspecified atom stereocenters. The molecule has 0 saturated heterocycles. The molecule has 8 heteroatoms. The minimum atomic E-state index is -4.60. The fraction of sp³-hybridized carbons (Fsp3) is 0.750. The molecular formula is C8H11ClF3NO3. The van der Waals surface area contributed by atoms with Gasteiger partial charge in [-0.25, -0.2) is 4.79 Å². The van der Waals surface area contributed by atoms with Gasteiger partial charge in [-0.15, -0.1) is 0 Å². The van der Waals surface area contributed by atoms with E-state index in [4.69, 9.17) is 11.6 Å². The lowest BCUT2D eigenvalue weighted by atomic mass is 10.1. The van der Waals surface area contributed by atoms with Gasteiger partial charge in [-0.3, -0.25) is 4.79 Å². The maximum Gasteiger partial charge on any atom is 0.422 e. The number of amides is 1. The molecule has 0 aliphatic carbocycles. The molecule has 1 amide bonds. The third kappa shape index (κ3) is 6.49. The molecule has 16 heavy (non-hydrogen) atoms. The van der Waals surface area contributed by atoms with Crippen molar-refractivity contribution >= 4 is 22.9 Å². The first kappa shape index (κ1) is 15.0. The second-order valence-corrected chi connectivity index (χ2v) is 3.73. The van der Waals surface area contributed by atoms with Gasteiger partial charge in [0.2, 0.25) is 5.24 Å². The molecule has 0 radical (unpaired) electrons. The highest BCUT2D eigenvalue weighted by Gasteiger charge is 2.31. The summed E-state index contributed by atoms with van der Waals surface area (Å²) >= 11 is 5.14. The maximum absolute atomic E-state index is 11.7. The van der Waals surface area contributed by atoms with E-state index in [1.54, 1.807) is 13.8 Å². The summed E-state index contributed by atoms with van der Waals surface area (Å²) in [5.74, 6) is -0.344. The Morgan fingerprint density at radius 2 is 1.88 bits per heavy atom. The van der Waals surface area contributed by atoms with Gasteiger partial charge in [0, 0.05) is 0 Å². The van der Waals surface area contributed by atoms with E-state index in [0.29, 0.717) is 0 Å². The Hall–Kier alpha value is -0.980. The number of ether oxygens (including phenoxy) is 1. The van der Waals surface area contributed by atoms with E-state index >= 15 is 0 Å².